The normalized spacial score (nSPS) is 18.7. The van der Waals surface area contributed by atoms with Crippen LogP contribution in [0, 0.1) is 12.3 Å². The SMILES string of the molecule is COc1cc(C)nc(N2CCC3(CCCN(Cc4n[nH]c5ccccc45)C3=O)CC2)n1. The number of hydrogen-bond acceptors (Lipinski definition) is 6. The fraction of sp³-hybridized carbons (Fsp3) is 0.478. The fourth-order valence-electron chi connectivity index (χ4n) is 4.99. The van der Waals surface area contributed by atoms with Gasteiger partial charge in [0.05, 0.1) is 30.3 Å². The number of amides is 1. The van der Waals surface area contributed by atoms with E-state index in [9.17, 15) is 4.79 Å². The van der Waals surface area contributed by atoms with Crippen molar-refractivity contribution in [3.63, 3.8) is 0 Å². The van der Waals surface area contributed by atoms with Crippen molar-refractivity contribution in [2.75, 3.05) is 31.6 Å². The lowest BCUT2D eigenvalue weighted by atomic mass is 9.71. The Balaban J connectivity index is 1.31. The van der Waals surface area contributed by atoms with Crippen LogP contribution in [0.3, 0.4) is 0 Å². The predicted molar refractivity (Wildman–Crippen MR) is 118 cm³/mol. The first kappa shape index (κ1) is 19.8. The Morgan fingerprint density at radius 3 is 2.74 bits per heavy atom. The van der Waals surface area contributed by atoms with Crippen LogP contribution in [0.4, 0.5) is 5.95 Å². The number of carbonyl (C=O) groups excluding carboxylic acids is 1. The lowest BCUT2D eigenvalue weighted by molar-refractivity contribution is -0.148. The molecule has 0 atom stereocenters. The molecular formula is C23H28N6O2. The van der Waals surface area contributed by atoms with E-state index in [1.165, 1.54) is 0 Å². The average molecular weight is 421 g/mol. The molecule has 0 aliphatic carbocycles. The molecule has 2 aliphatic heterocycles. The molecule has 0 saturated carbocycles. The summed E-state index contributed by atoms with van der Waals surface area (Å²) in [6.45, 7) is 4.85. The van der Waals surface area contributed by atoms with Crippen LogP contribution in [0.1, 0.15) is 37.1 Å². The number of hydrogen-bond donors (Lipinski definition) is 1. The summed E-state index contributed by atoms with van der Waals surface area (Å²) in [5, 5.41) is 8.65. The fourth-order valence-corrected chi connectivity index (χ4v) is 4.99. The van der Waals surface area contributed by atoms with Gasteiger partial charge in [-0.15, -0.1) is 0 Å². The average Bonchev–Trinajstić information content (AvgIpc) is 3.20. The van der Waals surface area contributed by atoms with E-state index in [1.54, 1.807) is 7.11 Å². The molecule has 2 aliphatic rings. The minimum Gasteiger partial charge on any atom is -0.481 e. The molecule has 8 heteroatoms. The Hall–Kier alpha value is -3.16. The summed E-state index contributed by atoms with van der Waals surface area (Å²) in [7, 11) is 1.62. The maximum Gasteiger partial charge on any atom is 0.229 e. The number of aromatic amines is 1. The van der Waals surface area contributed by atoms with Crippen molar-refractivity contribution < 1.29 is 9.53 Å². The van der Waals surface area contributed by atoms with Crippen LogP contribution >= 0.6 is 0 Å². The summed E-state index contributed by atoms with van der Waals surface area (Å²) < 4.78 is 5.30. The highest BCUT2D eigenvalue weighted by Crippen LogP contribution is 2.42. The third-order valence-electron chi connectivity index (χ3n) is 6.75. The number of rotatable bonds is 4. The van der Waals surface area contributed by atoms with Crippen molar-refractivity contribution >= 4 is 22.8 Å². The minimum atomic E-state index is -0.283. The van der Waals surface area contributed by atoms with Gasteiger partial charge in [0.25, 0.3) is 0 Å². The molecule has 1 amide bonds. The number of H-pyrrole nitrogens is 1. The number of nitrogens with one attached hydrogen (secondary N) is 1. The Morgan fingerprint density at radius 2 is 1.94 bits per heavy atom. The zero-order chi connectivity index (χ0) is 21.4. The zero-order valence-corrected chi connectivity index (χ0v) is 18.1. The topological polar surface area (TPSA) is 87.2 Å². The monoisotopic (exact) mass is 420 g/mol. The molecule has 162 valence electrons. The van der Waals surface area contributed by atoms with E-state index < -0.39 is 0 Å². The van der Waals surface area contributed by atoms with Gasteiger partial charge in [-0.3, -0.25) is 9.89 Å². The number of carbonyl (C=O) groups is 1. The molecule has 2 aromatic heterocycles. The quantitative estimate of drug-likeness (QED) is 0.698. The van der Waals surface area contributed by atoms with Gasteiger partial charge in [-0.05, 0) is 38.7 Å². The second-order valence-electron chi connectivity index (χ2n) is 8.67. The maximum atomic E-state index is 13.6. The van der Waals surface area contributed by atoms with Gasteiger partial charge >= 0.3 is 0 Å². The number of aryl methyl sites for hydroxylation is 1. The lowest BCUT2D eigenvalue weighted by Gasteiger charge is -2.46. The molecule has 5 rings (SSSR count). The predicted octanol–water partition coefficient (Wildman–Crippen LogP) is 3.08. The van der Waals surface area contributed by atoms with Crippen molar-refractivity contribution in [1.29, 1.82) is 0 Å². The van der Waals surface area contributed by atoms with Gasteiger partial charge in [0.1, 0.15) is 0 Å². The molecule has 3 aromatic rings. The smallest absolute Gasteiger partial charge is 0.229 e. The molecule has 31 heavy (non-hydrogen) atoms. The minimum absolute atomic E-state index is 0.272. The molecule has 1 N–H and O–H groups in total. The van der Waals surface area contributed by atoms with Crippen LogP contribution in [-0.4, -0.2) is 57.7 Å². The number of fused-ring (bicyclic) bond motifs is 1. The van der Waals surface area contributed by atoms with E-state index in [-0.39, 0.29) is 11.3 Å². The number of anilines is 1. The number of para-hydroxylation sites is 1. The molecule has 0 bridgehead atoms. The first-order valence-electron chi connectivity index (χ1n) is 10.9. The first-order valence-corrected chi connectivity index (χ1v) is 10.9. The molecule has 0 radical (unpaired) electrons. The number of ether oxygens (including phenoxy) is 1. The van der Waals surface area contributed by atoms with Gasteiger partial charge < -0.3 is 14.5 Å². The summed E-state index contributed by atoms with van der Waals surface area (Å²) in [6, 6.07) is 9.91. The van der Waals surface area contributed by atoms with Crippen molar-refractivity contribution in [2.24, 2.45) is 5.41 Å². The van der Waals surface area contributed by atoms with Crippen LogP contribution in [0.25, 0.3) is 10.9 Å². The van der Waals surface area contributed by atoms with Gasteiger partial charge in [-0.25, -0.2) is 4.98 Å². The van der Waals surface area contributed by atoms with E-state index in [0.29, 0.717) is 18.4 Å². The zero-order valence-electron chi connectivity index (χ0n) is 18.1. The molecule has 1 aromatic carbocycles. The van der Waals surface area contributed by atoms with E-state index in [2.05, 4.69) is 31.1 Å². The van der Waals surface area contributed by atoms with Gasteiger partial charge in [0, 0.05) is 36.8 Å². The highest BCUT2D eigenvalue weighted by atomic mass is 16.5. The number of aromatic nitrogens is 4. The van der Waals surface area contributed by atoms with Crippen molar-refractivity contribution in [2.45, 2.75) is 39.2 Å². The van der Waals surface area contributed by atoms with Gasteiger partial charge in [0.15, 0.2) is 0 Å². The highest BCUT2D eigenvalue weighted by Gasteiger charge is 2.46. The van der Waals surface area contributed by atoms with Crippen LogP contribution < -0.4 is 9.64 Å². The Morgan fingerprint density at radius 1 is 1.13 bits per heavy atom. The summed E-state index contributed by atoms with van der Waals surface area (Å²) >= 11 is 0. The Kier molecular flexibility index (Phi) is 5.00. The number of benzene rings is 1. The van der Waals surface area contributed by atoms with Crippen molar-refractivity contribution in [3.8, 4) is 5.88 Å². The summed E-state index contributed by atoms with van der Waals surface area (Å²) in [5.74, 6) is 1.54. The Labute approximate surface area is 181 Å². The number of nitrogens with zero attached hydrogens (tertiary/aromatic N) is 5. The molecule has 2 saturated heterocycles. The van der Waals surface area contributed by atoms with Gasteiger partial charge in [-0.1, -0.05) is 18.2 Å². The molecule has 8 nitrogen and oxygen atoms in total. The number of piperidine rings is 2. The highest BCUT2D eigenvalue weighted by molar-refractivity contribution is 5.85. The second kappa shape index (κ2) is 7.83. The third-order valence-corrected chi connectivity index (χ3v) is 6.75. The molecular weight excluding hydrogens is 392 g/mol. The summed E-state index contributed by atoms with van der Waals surface area (Å²) in [6.07, 6.45) is 3.63. The van der Waals surface area contributed by atoms with Gasteiger partial charge in [-0.2, -0.15) is 10.1 Å². The molecule has 2 fully saturated rings. The van der Waals surface area contributed by atoms with E-state index in [0.717, 1.165) is 67.6 Å². The maximum absolute atomic E-state index is 13.6. The molecule has 0 unspecified atom stereocenters. The van der Waals surface area contributed by atoms with E-state index in [1.807, 2.05) is 36.1 Å². The lowest BCUT2D eigenvalue weighted by Crippen LogP contribution is -2.53. The van der Waals surface area contributed by atoms with Crippen molar-refractivity contribution in [3.05, 3.63) is 41.7 Å². The van der Waals surface area contributed by atoms with Gasteiger partial charge in [0.2, 0.25) is 17.7 Å². The van der Waals surface area contributed by atoms with Crippen LogP contribution in [0.5, 0.6) is 5.88 Å². The van der Waals surface area contributed by atoms with Crippen molar-refractivity contribution in [1.82, 2.24) is 25.1 Å². The first-order chi connectivity index (χ1) is 15.1. The number of likely N-dealkylation sites (tertiary alicyclic amines) is 1. The van der Waals surface area contributed by atoms with E-state index in [4.69, 9.17) is 4.74 Å². The number of methoxy groups -OCH3 is 1. The van der Waals surface area contributed by atoms with Crippen LogP contribution in [0.2, 0.25) is 0 Å². The molecule has 1 spiro atoms. The third kappa shape index (κ3) is 3.60. The largest absolute Gasteiger partial charge is 0.481 e. The van der Waals surface area contributed by atoms with Crippen LogP contribution in [-0.2, 0) is 11.3 Å². The summed E-state index contributed by atoms with van der Waals surface area (Å²) in [5.41, 5.74) is 2.56. The Bertz CT molecular complexity index is 1100. The van der Waals surface area contributed by atoms with E-state index >= 15 is 0 Å². The standard InChI is InChI=1S/C23H28N6O2/c1-16-14-20(31-2)25-22(24-16)28-12-9-23(10-13-28)8-5-11-29(21(23)30)15-19-17-6-3-4-7-18(17)26-27-19/h3-4,6-7,14H,5,8-13,15H2,1-2H3,(H,26,27). The molecule has 4 heterocycles. The summed E-state index contributed by atoms with van der Waals surface area (Å²) in [4.78, 5) is 26.9. The second-order valence-corrected chi connectivity index (χ2v) is 8.67. The van der Waals surface area contributed by atoms with Crippen LogP contribution in [0.15, 0.2) is 30.3 Å².